The molecule has 1 aromatic carbocycles. The van der Waals surface area contributed by atoms with E-state index in [1.54, 1.807) is 6.08 Å². The fourth-order valence-corrected chi connectivity index (χ4v) is 2.55. The third-order valence-electron chi connectivity index (χ3n) is 3.65. The molecular weight excluding hydrogens is 283 g/mol. The smallest absolute Gasteiger partial charge is 0.194 e. The summed E-state index contributed by atoms with van der Waals surface area (Å²) in [5.74, 6) is -3.92. The molecule has 0 radical (unpaired) electrons. The Labute approximate surface area is 121 Å². The predicted molar refractivity (Wildman–Crippen MR) is 72.3 cm³/mol. The van der Waals surface area contributed by atoms with Crippen LogP contribution in [-0.2, 0) is 4.74 Å². The van der Waals surface area contributed by atoms with Crippen molar-refractivity contribution < 1.29 is 23.0 Å². The maximum Gasteiger partial charge on any atom is 0.194 e. The molecule has 0 amide bonds. The minimum atomic E-state index is -1.48. The molecule has 1 aliphatic rings. The fourth-order valence-electron chi connectivity index (χ4n) is 2.55. The van der Waals surface area contributed by atoms with Gasteiger partial charge in [-0.3, -0.25) is 4.90 Å². The molecule has 1 N–H and O–H groups in total. The molecule has 1 aliphatic heterocycles. The summed E-state index contributed by atoms with van der Waals surface area (Å²) in [4.78, 5) is 1.91. The molecule has 0 saturated carbocycles. The zero-order valence-electron chi connectivity index (χ0n) is 11.6. The Hall–Kier alpha value is -1.37. The van der Waals surface area contributed by atoms with Gasteiger partial charge in [-0.1, -0.05) is 6.08 Å². The van der Waals surface area contributed by atoms with Crippen LogP contribution in [0.4, 0.5) is 13.2 Å². The lowest BCUT2D eigenvalue weighted by Crippen LogP contribution is -2.49. The minimum Gasteiger partial charge on any atom is -0.395 e. The first-order valence-corrected chi connectivity index (χ1v) is 6.78. The SMILES string of the molecule is C=CCCN1[C@@H](CO)COC[C@H]1c1cc(F)c(F)c(F)c1. The number of aliphatic hydroxyl groups is 1. The first-order chi connectivity index (χ1) is 10.1. The lowest BCUT2D eigenvalue weighted by atomic mass is 10.0. The summed E-state index contributed by atoms with van der Waals surface area (Å²) in [6, 6.07) is 1.26. The summed E-state index contributed by atoms with van der Waals surface area (Å²) in [6.45, 7) is 4.67. The summed E-state index contributed by atoms with van der Waals surface area (Å²) in [5, 5.41) is 9.42. The molecule has 3 nitrogen and oxygen atoms in total. The highest BCUT2D eigenvalue weighted by Gasteiger charge is 2.32. The Balaban J connectivity index is 2.31. The van der Waals surface area contributed by atoms with Crippen molar-refractivity contribution >= 4 is 0 Å². The van der Waals surface area contributed by atoms with Gasteiger partial charge in [0.2, 0.25) is 0 Å². The first kappa shape index (κ1) is 16.0. The monoisotopic (exact) mass is 301 g/mol. The van der Waals surface area contributed by atoms with Gasteiger partial charge in [-0.2, -0.15) is 0 Å². The number of hydrogen-bond donors (Lipinski definition) is 1. The van der Waals surface area contributed by atoms with Gasteiger partial charge in [-0.25, -0.2) is 13.2 Å². The molecule has 1 fully saturated rings. The van der Waals surface area contributed by atoms with Gasteiger partial charge in [0.25, 0.3) is 0 Å². The fraction of sp³-hybridized carbons (Fsp3) is 0.467. The maximum atomic E-state index is 13.4. The van der Waals surface area contributed by atoms with E-state index in [4.69, 9.17) is 4.74 Å². The summed E-state index contributed by atoms with van der Waals surface area (Å²) in [6.07, 6.45) is 2.39. The van der Waals surface area contributed by atoms with Crippen molar-refractivity contribution in [1.29, 1.82) is 0 Å². The van der Waals surface area contributed by atoms with Gasteiger partial charge in [0.1, 0.15) is 0 Å². The van der Waals surface area contributed by atoms with Gasteiger partial charge in [0, 0.05) is 6.54 Å². The van der Waals surface area contributed by atoms with Crippen molar-refractivity contribution in [3.8, 4) is 0 Å². The van der Waals surface area contributed by atoms with Gasteiger partial charge in [0.15, 0.2) is 17.5 Å². The lowest BCUT2D eigenvalue weighted by molar-refractivity contribution is -0.0660. The zero-order valence-corrected chi connectivity index (χ0v) is 11.6. The average Bonchev–Trinajstić information content (AvgIpc) is 2.49. The molecule has 116 valence electrons. The number of nitrogens with zero attached hydrogens (tertiary/aromatic N) is 1. The van der Waals surface area contributed by atoms with Crippen LogP contribution in [-0.4, -0.2) is 42.4 Å². The number of halogens is 3. The van der Waals surface area contributed by atoms with Crippen LogP contribution in [0.15, 0.2) is 24.8 Å². The molecule has 2 rings (SSSR count). The minimum absolute atomic E-state index is 0.125. The highest BCUT2D eigenvalue weighted by Crippen LogP contribution is 2.29. The van der Waals surface area contributed by atoms with Crippen LogP contribution >= 0.6 is 0 Å². The molecule has 0 aromatic heterocycles. The van der Waals surface area contributed by atoms with Crippen LogP contribution in [0.2, 0.25) is 0 Å². The van der Waals surface area contributed by atoms with E-state index in [1.165, 1.54) is 0 Å². The topological polar surface area (TPSA) is 32.7 Å². The lowest BCUT2D eigenvalue weighted by Gasteiger charge is -2.41. The molecule has 2 atom stereocenters. The van der Waals surface area contributed by atoms with E-state index in [0.717, 1.165) is 12.1 Å². The predicted octanol–water partition coefficient (Wildman–Crippen LogP) is 2.41. The maximum absolute atomic E-state index is 13.4. The van der Waals surface area contributed by atoms with Crippen molar-refractivity contribution in [3.63, 3.8) is 0 Å². The van der Waals surface area contributed by atoms with Crippen molar-refractivity contribution in [1.82, 2.24) is 4.90 Å². The number of rotatable bonds is 5. The highest BCUT2D eigenvalue weighted by atomic mass is 19.2. The van der Waals surface area contributed by atoms with Crippen LogP contribution < -0.4 is 0 Å². The number of morpholine rings is 1. The van der Waals surface area contributed by atoms with Gasteiger partial charge in [-0.15, -0.1) is 6.58 Å². The molecule has 0 aliphatic carbocycles. The molecule has 1 heterocycles. The van der Waals surface area contributed by atoms with Gasteiger partial charge in [0.05, 0.1) is 31.9 Å². The number of hydrogen-bond acceptors (Lipinski definition) is 3. The number of aliphatic hydroxyl groups excluding tert-OH is 1. The van der Waals surface area contributed by atoms with Gasteiger partial charge in [-0.05, 0) is 24.1 Å². The van der Waals surface area contributed by atoms with E-state index in [-0.39, 0.29) is 19.3 Å². The van der Waals surface area contributed by atoms with Gasteiger partial charge >= 0.3 is 0 Å². The Kier molecular flexibility index (Phi) is 5.39. The van der Waals surface area contributed by atoms with Crippen LogP contribution in [0, 0.1) is 17.5 Å². The quantitative estimate of drug-likeness (QED) is 0.670. The van der Waals surface area contributed by atoms with Crippen LogP contribution in [0.25, 0.3) is 0 Å². The summed E-state index contributed by atoms with van der Waals surface area (Å²) in [5.41, 5.74) is 0.300. The zero-order chi connectivity index (χ0) is 15.4. The van der Waals surface area contributed by atoms with E-state index in [2.05, 4.69) is 6.58 Å². The van der Waals surface area contributed by atoms with E-state index in [1.807, 2.05) is 4.90 Å². The van der Waals surface area contributed by atoms with Crippen LogP contribution in [0.5, 0.6) is 0 Å². The molecule has 0 bridgehead atoms. The second-order valence-corrected chi connectivity index (χ2v) is 5.00. The van der Waals surface area contributed by atoms with Crippen LogP contribution in [0.1, 0.15) is 18.0 Å². The Bertz CT molecular complexity index is 487. The van der Waals surface area contributed by atoms with Crippen LogP contribution in [0.3, 0.4) is 0 Å². The molecule has 0 unspecified atom stereocenters. The number of benzene rings is 1. The Morgan fingerprint density at radius 2 is 1.95 bits per heavy atom. The molecule has 1 aromatic rings. The highest BCUT2D eigenvalue weighted by molar-refractivity contribution is 5.23. The van der Waals surface area contributed by atoms with Crippen molar-refractivity contribution in [2.45, 2.75) is 18.5 Å². The van der Waals surface area contributed by atoms with E-state index >= 15 is 0 Å². The standard InChI is InChI=1S/C15H18F3NO2/c1-2-3-4-19-11(7-20)8-21-9-14(19)10-5-12(16)15(18)13(17)6-10/h2,5-6,11,14,20H,1,3-4,7-9H2/t11-,14-/m0/s1. The molecule has 1 saturated heterocycles. The normalized spacial score (nSPS) is 23.2. The van der Waals surface area contributed by atoms with E-state index in [9.17, 15) is 18.3 Å². The van der Waals surface area contributed by atoms with E-state index in [0.29, 0.717) is 25.1 Å². The summed E-state index contributed by atoms with van der Waals surface area (Å²) >= 11 is 0. The third kappa shape index (κ3) is 3.45. The summed E-state index contributed by atoms with van der Waals surface area (Å²) < 4.78 is 45.3. The Morgan fingerprint density at radius 3 is 2.52 bits per heavy atom. The second kappa shape index (κ2) is 7.06. The first-order valence-electron chi connectivity index (χ1n) is 6.78. The summed E-state index contributed by atoms with van der Waals surface area (Å²) in [7, 11) is 0. The van der Waals surface area contributed by atoms with E-state index < -0.39 is 23.5 Å². The molecular formula is C15H18F3NO2. The molecule has 21 heavy (non-hydrogen) atoms. The molecule has 0 spiro atoms. The van der Waals surface area contributed by atoms with Gasteiger partial charge < -0.3 is 9.84 Å². The third-order valence-corrected chi connectivity index (χ3v) is 3.65. The van der Waals surface area contributed by atoms with Crippen molar-refractivity contribution in [2.24, 2.45) is 0 Å². The Morgan fingerprint density at radius 1 is 1.29 bits per heavy atom. The van der Waals surface area contributed by atoms with Crippen molar-refractivity contribution in [2.75, 3.05) is 26.4 Å². The average molecular weight is 301 g/mol. The van der Waals surface area contributed by atoms with Crippen molar-refractivity contribution in [3.05, 3.63) is 47.8 Å². The largest absolute Gasteiger partial charge is 0.395 e. The second-order valence-electron chi connectivity index (χ2n) is 5.00. The number of ether oxygens (including phenoxy) is 1. The molecule has 6 heteroatoms.